The van der Waals surface area contributed by atoms with E-state index in [0.29, 0.717) is 26.9 Å². The van der Waals surface area contributed by atoms with Crippen LogP contribution in [0.1, 0.15) is 10.4 Å². The Morgan fingerprint density at radius 2 is 1.38 bits per heavy atom. The van der Waals surface area contributed by atoms with Crippen LogP contribution in [0.15, 0.2) is 113 Å². The molecular weight excluding hydrogens is 544 g/mol. The molecule has 5 rings (SSSR count). The van der Waals surface area contributed by atoms with Gasteiger partial charge in [0, 0.05) is 26.9 Å². The predicted octanol–water partition coefficient (Wildman–Crippen LogP) is 6.86. The fourth-order valence-corrected chi connectivity index (χ4v) is 4.89. The molecule has 0 aromatic heterocycles. The number of hydrogen-bond donors (Lipinski definition) is 2. The molecule has 10 heteroatoms. The Balaban J connectivity index is 1.40. The van der Waals surface area contributed by atoms with Gasteiger partial charge in [-0.25, -0.2) is 13.7 Å². The second-order valence-corrected chi connectivity index (χ2v) is 9.87. The highest BCUT2D eigenvalue weighted by molar-refractivity contribution is 8.04. The van der Waals surface area contributed by atoms with Gasteiger partial charge < -0.3 is 10.6 Å². The number of anilines is 3. The monoisotopic (exact) mass is 561 g/mol. The van der Waals surface area contributed by atoms with Crippen LogP contribution in [0.3, 0.4) is 0 Å². The first-order valence-electron chi connectivity index (χ1n) is 11.5. The normalized spacial score (nSPS) is 13.2. The Morgan fingerprint density at radius 3 is 2.03 bits per heavy atom. The van der Waals surface area contributed by atoms with Gasteiger partial charge in [0.25, 0.3) is 17.7 Å². The van der Waals surface area contributed by atoms with Crippen molar-refractivity contribution in [3.63, 3.8) is 0 Å². The Kier molecular flexibility index (Phi) is 7.44. The van der Waals surface area contributed by atoms with E-state index < -0.39 is 23.4 Å². The lowest BCUT2D eigenvalue weighted by atomic mass is 10.2. The summed E-state index contributed by atoms with van der Waals surface area (Å²) in [5, 5.41) is 6.15. The zero-order chi connectivity index (χ0) is 27.5. The van der Waals surface area contributed by atoms with Crippen LogP contribution in [0.5, 0.6) is 0 Å². The molecule has 4 aromatic rings. The number of thioether (sulfide) groups is 1. The molecule has 2 N–H and O–H groups in total. The second kappa shape index (κ2) is 11.1. The maximum absolute atomic E-state index is 13.5. The maximum Gasteiger partial charge on any atom is 0.283 e. The standard InChI is InChI=1S/C29H18ClF2N3O3S/c30-18-3-1-2-17(16-18)27(36)34-22-10-14-24(15-11-22)39-26-25(33-21-8-4-19(31)5-9-21)28(37)35(29(26)38)23-12-6-20(32)7-13-23/h1-16,33H,(H,34,36). The van der Waals surface area contributed by atoms with Gasteiger partial charge in [-0.15, -0.1) is 0 Å². The Morgan fingerprint density at radius 1 is 0.769 bits per heavy atom. The lowest BCUT2D eigenvalue weighted by Gasteiger charge is -2.15. The molecule has 0 saturated heterocycles. The van der Waals surface area contributed by atoms with E-state index in [9.17, 15) is 23.2 Å². The van der Waals surface area contributed by atoms with E-state index in [-0.39, 0.29) is 22.2 Å². The number of nitrogens with one attached hydrogen (secondary N) is 2. The first kappa shape index (κ1) is 26.1. The van der Waals surface area contributed by atoms with Crippen molar-refractivity contribution in [1.29, 1.82) is 0 Å². The molecule has 0 atom stereocenters. The van der Waals surface area contributed by atoms with Crippen LogP contribution in [-0.2, 0) is 9.59 Å². The van der Waals surface area contributed by atoms with Crippen molar-refractivity contribution in [3.8, 4) is 0 Å². The highest BCUT2D eigenvalue weighted by Crippen LogP contribution is 2.38. The molecule has 3 amide bonds. The van der Waals surface area contributed by atoms with E-state index in [1.54, 1.807) is 48.5 Å². The van der Waals surface area contributed by atoms with E-state index in [0.717, 1.165) is 28.8 Å². The summed E-state index contributed by atoms with van der Waals surface area (Å²) in [6.07, 6.45) is 0. The van der Waals surface area contributed by atoms with Crippen LogP contribution in [0.2, 0.25) is 5.02 Å². The molecule has 0 aliphatic carbocycles. The van der Waals surface area contributed by atoms with Gasteiger partial charge in [-0.05, 0) is 91.0 Å². The van der Waals surface area contributed by atoms with Gasteiger partial charge in [0.1, 0.15) is 22.2 Å². The predicted molar refractivity (Wildman–Crippen MR) is 148 cm³/mol. The number of imide groups is 1. The minimum atomic E-state index is -0.635. The van der Waals surface area contributed by atoms with E-state index >= 15 is 0 Å². The zero-order valence-corrected chi connectivity index (χ0v) is 21.5. The Hall–Kier alpha value is -4.47. The van der Waals surface area contributed by atoms with Gasteiger partial charge in [0.2, 0.25) is 0 Å². The largest absolute Gasteiger partial charge is 0.350 e. The highest BCUT2D eigenvalue weighted by atomic mass is 35.5. The summed E-state index contributed by atoms with van der Waals surface area (Å²) < 4.78 is 26.9. The number of nitrogens with zero attached hydrogens (tertiary/aromatic N) is 1. The molecule has 0 saturated carbocycles. The second-order valence-electron chi connectivity index (χ2n) is 8.35. The lowest BCUT2D eigenvalue weighted by molar-refractivity contribution is -0.120. The quantitative estimate of drug-likeness (QED) is 0.241. The summed E-state index contributed by atoms with van der Waals surface area (Å²) in [6, 6.07) is 23.6. The summed E-state index contributed by atoms with van der Waals surface area (Å²) in [6.45, 7) is 0. The molecule has 1 aliphatic heterocycles. The number of carbonyl (C=O) groups excluding carboxylic acids is 3. The molecule has 0 spiro atoms. The molecule has 194 valence electrons. The van der Waals surface area contributed by atoms with Gasteiger partial charge in [0.15, 0.2) is 0 Å². The van der Waals surface area contributed by atoms with Gasteiger partial charge in [0.05, 0.1) is 5.69 Å². The molecule has 4 aromatic carbocycles. The van der Waals surface area contributed by atoms with Crippen molar-refractivity contribution < 1.29 is 23.2 Å². The number of carbonyl (C=O) groups is 3. The average molecular weight is 562 g/mol. The van der Waals surface area contributed by atoms with Gasteiger partial charge in [-0.2, -0.15) is 0 Å². The fraction of sp³-hybridized carbons (Fsp3) is 0. The highest BCUT2D eigenvalue weighted by Gasteiger charge is 2.40. The van der Waals surface area contributed by atoms with E-state index in [1.807, 2.05) is 0 Å². The SMILES string of the molecule is O=C(Nc1ccc(SC2=C(Nc3ccc(F)cc3)C(=O)N(c3ccc(F)cc3)C2=O)cc1)c1cccc(Cl)c1. The van der Waals surface area contributed by atoms with Crippen LogP contribution < -0.4 is 15.5 Å². The molecule has 6 nitrogen and oxygen atoms in total. The third kappa shape index (κ3) is 5.84. The summed E-state index contributed by atoms with van der Waals surface area (Å²) in [7, 11) is 0. The van der Waals surface area contributed by atoms with Crippen molar-refractivity contribution >= 4 is 58.1 Å². The van der Waals surface area contributed by atoms with Crippen molar-refractivity contribution in [1.82, 2.24) is 0 Å². The Labute approximate surface area is 231 Å². The van der Waals surface area contributed by atoms with Crippen molar-refractivity contribution in [2.24, 2.45) is 0 Å². The molecule has 0 fully saturated rings. The molecule has 0 bridgehead atoms. The third-order valence-corrected chi connectivity index (χ3v) is 6.98. The summed E-state index contributed by atoms with van der Waals surface area (Å²) in [5.41, 5.74) is 1.53. The first-order valence-corrected chi connectivity index (χ1v) is 12.7. The molecule has 1 aliphatic rings. The topological polar surface area (TPSA) is 78.5 Å². The Bertz CT molecular complexity index is 1610. The summed E-state index contributed by atoms with van der Waals surface area (Å²) >= 11 is 7.01. The smallest absolute Gasteiger partial charge is 0.283 e. The third-order valence-electron chi connectivity index (χ3n) is 5.66. The maximum atomic E-state index is 13.5. The number of amides is 3. The lowest BCUT2D eigenvalue weighted by Crippen LogP contribution is -2.32. The van der Waals surface area contributed by atoms with Gasteiger partial charge in [-0.3, -0.25) is 14.4 Å². The summed E-state index contributed by atoms with van der Waals surface area (Å²) in [4.78, 5) is 41.0. The van der Waals surface area contributed by atoms with Crippen molar-refractivity contribution in [2.45, 2.75) is 4.90 Å². The van der Waals surface area contributed by atoms with Crippen LogP contribution in [0, 0.1) is 11.6 Å². The van der Waals surface area contributed by atoms with Gasteiger partial charge in [-0.1, -0.05) is 29.4 Å². The number of rotatable bonds is 7. The molecular formula is C29H18ClF2N3O3S. The summed E-state index contributed by atoms with van der Waals surface area (Å²) in [5.74, 6) is -2.53. The zero-order valence-electron chi connectivity index (χ0n) is 20.0. The van der Waals surface area contributed by atoms with Gasteiger partial charge >= 0.3 is 0 Å². The van der Waals surface area contributed by atoms with Crippen molar-refractivity contribution in [2.75, 3.05) is 15.5 Å². The minimum Gasteiger partial charge on any atom is -0.350 e. The molecule has 0 radical (unpaired) electrons. The number of benzene rings is 4. The molecule has 39 heavy (non-hydrogen) atoms. The average Bonchev–Trinajstić information content (AvgIpc) is 3.15. The first-order chi connectivity index (χ1) is 18.8. The van der Waals surface area contributed by atoms with E-state index in [4.69, 9.17) is 11.6 Å². The number of halogens is 3. The van der Waals surface area contributed by atoms with Crippen LogP contribution in [0.25, 0.3) is 0 Å². The van der Waals surface area contributed by atoms with Crippen LogP contribution >= 0.6 is 23.4 Å². The van der Waals surface area contributed by atoms with Crippen LogP contribution in [-0.4, -0.2) is 17.7 Å². The van der Waals surface area contributed by atoms with Crippen molar-refractivity contribution in [3.05, 3.63) is 130 Å². The number of hydrogen-bond acceptors (Lipinski definition) is 5. The minimum absolute atomic E-state index is 0.000677. The fourth-order valence-electron chi connectivity index (χ4n) is 3.77. The molecule has 1 heterocycles. The van der Waals surface area contributed by atoms with E-state index in [1.165, 1.54) is 36.4 Å². The molecule has 0 unspecified atom stereocenters. The van der Waals surface area contributed by atoms with E-state index in [2.05, 4.69) is 10.6 Å². The van der Waals surface area contributed by atoms with Crippen LogP contribution in [0.4, 0.5) is 25.8 Å².